The number of nitrogens with one attached hydrogen (secondary N) is 1. The number of rotatable bonds is 7. The van der Waals surface area contributed by atoms with Crippen molar-refractivity contribution in [3.63, 3.8) is 0 Å². The molecule has 1 aromatic carbocycles. The van der Waals surface area contributed by atoms with Crippen molar-refractivity contribution in [2.75, 3.05) is 6.54 Å². The van der Waals surface area contributed by atoms with Gasteiger partial charge in [0, 0.05) is 31.0 Å². The van der Waals surface area contributed by atoms with E-state index in [0.29, 0.717) is 18.0 Å². The summed E-state index contributed by atoms with van der Waals surface area (Å²) in [6, 6.07) is 7.51. The average Bonchev–Trinajstić information content (AvgIpc) is 3.27. The van der Waals surface area contributed by atoms with Gasteiger partial charge in [-0.3, -0.25) is 9.59 Å². The average molecular weight is 274 g/mol. The third-order valence-corrected chi connectivity index (χ3v) is 3.74. The second-order valence-corrected chi connectivity index (χ2v) is 5.54. The standard InChI is InChI=1S/C16H22N2O2/c1-11-2-4-13(5-3-11)15(19)8-9-16(20)18-14(10-17)12-6-7-12/h2-5,12,14H,6-10,17H2,1H3,(H,18,20). The van der Waals surface area contributed by atoms with E-state index in [4.69, 9.17) is 5.73 Å². The van der Waals surface area contributed by atoms with Crippen LogP contribution in [0.15, 0.2) is 24.3 Å². The van der Waals surface area contributed by atoms with Crippen LogP contribution in [-0.4, -0.2) is 24.3 Å². The summed E-state index contributed by atoms with van der Waals surface area (Å²) in [5.74, 6) is 0.473. The number of ketones is 1. The second kappa shape index (κ2) is 6.66. The molecule has 1 aliphatic rings. The molecule has 1 unspecified atom stereocenters. The van der Waals surface area contributed by atoms with Gasteiger partial charge in [-0.1, -0.05) is 29.8 Å². The summed E-state index contributed by atoms with van der Waals surface area (Å²) in [4.78, 5) is 23.8. The van der Waals surface area contributed by atoms with Crippen LogP contribution in [0.5, 0.6) is 0 Å². The highest BCUT2D eigenvalue weighted by atomic mass is 16.2. The van der Waals surface area contributed by atoms with Gasteiger partial charge in [0.2, 0.25) is 5.91 Å². The molecule has 3 N–H and O–H groups in total. The Bertz CT molecular complexity index is 478. The van der Waals surface area contributed by atoms with Gasteiger partial charge in [-0.05, 0) is 25.7 Å². The Morgan fingerprint density at radius 3 is 2.45 bits per heavy atom. The van der Waals surface area contributed by atoms with Gasteiger partial charge < -0.3 is 11.1 Å². The third kappa shape index (κ3) is 4.17. The lowest BCUT2D eigenvalue weighted by atomic mass is 10.0. The molecule has 1 aromatic rings. The predicted molar refractivity (Wildman–Crippen MR) is 78.5 cm³/mol. The first-order valence-corrected chi connectivity index (χ1v) is 7.19. The molecule has 1 fully saturated rings. The molecule has 4 heteroatoms. The molecule has 1 atom stereocenters. The van der Waals surface area contributed by atoms with Crippen molar-refractivity contribution in [3.05, 3.63) is 35.4 Å². The Kier molecular flexibility index (Phi) is 4.90. The lowest BCUT2D eigenvalue weighted by molar-refractivity contribution is -0.121. The van der Waals surface area contributed by atoms with E-state index < -0.39 is 0 Å². The normalized spacial score (nSPS) is 15.7. The van der Waals surface area contributed by atoms with Gasteiger partial charge in [0.25, 0.3) is 0 Å². The van der Waals surface area contributed by atoms with Crippen molar-refractivity contribution in [3.8, 4) is 0 Å². The highest BCUT2D eigenvalue weighted by molar-refractivity contribution is 5.97. The van der Waals surface area contributed by atoms with Crippen LogP contribution in [0.3, 0.4) is 0 Å². The van der Waals surface area contributed by atoms with E-state index in [1.54, 1.807) is 0 Å². The summed E-state index contributed by atoms with van der Waals surface area (Å²) >= 11 is 0. The van der Waals surface area contributed by atoms with Crippen molar-refractivity contribution < 1.29 is 9.59 Å². The minimum atomic E-state index is -0.0761. The summed E-state index contributed by atoms with van der Waals surface area (Å²) in [7, 11) is 0. The number of hydrogen-bond donors (Lipinski definition) is 2. The van der Waals surface area contributed by atoms with E-state index in [0.717, 1.165) is 18.4 Å². The molecule has 2 rings (SSSR count). The van der Waals surface area contributed by atoms with Crippen LogP contribution >= 0.6 is 0 Å². The molecule has 0 heterocycles. The summed E-state index contributed by atoms with van der Waals surface area (Å²) < 4.78 is 0. The predicted octanol–water partition coefficient (Wildman–Crippen LogP) is 1.81. The number of carbonyl (C=O) groups is 2. The minimum absolute atomic E-state index is 0.0101. The van der Waals surface area contributed by atoms with Crippen molar-refractivity contribution in [2.45, 2.75) is 38.6 Å². The summed E-state index contributed by atoms with van der Waals surface area (Å²) in [5.41, 5.74) is 7.43. The maximum absolute atomic E-state index is 12.0. The number of amides is 1. The maximum atomic E-state index is 12.0. The number of benzene rings is 1. The second-order valence-electron chi connectivity index (χ2n) is 5.54. The summed E-state index contributed by atoms with van der Waals surface area (Å²) in [5, 5.41) is 2.93. The number of hydrogen-bond acceptors (Lipinski definition) is 3. The first kappa shape index (κ1) is 14.7. The highest BCUT2D eigenvalue weighted by Crippen LogP contribution is 2.32. The molecule has 1 aliphatic carbocycles. The smallest absolute Gasteiger partial charge is 0.220 e. The SMILES string of the molecule is Cc1ccc(C(=O)CCC(=O)NC(CN)C2CC2)cc1. The fourth-order valence-electron chi connectivity index (χ4n) is 2.26. The molecule has 0 bridgehead atoms. The van der Waals surface area contributed by atoms with Gasteiger partial charge in [0.1, 0.15) is 0 Å². The van der Waals surface area contributed by atoms with Crippen LogP contribution in [-0.2, 0) is 4.79 Å². The Balaban J connectivity index is 1.77. The van der Waals surface area contributed by atoms with E-state index in [-0.39, 0.29) is 30.6 Å². The Morgan fingerprint density at radius 2 is 1.90 bits per heavy atom. The fraction of sp³-hybridized carbons (Fsp3) is 0.500. The van der Waals surface area contributed by atoms with Crippen LogP contribution in [0, 0.1) is 12.8 Å². The van der Waals surface area contributed by atoms with Gasteiger partial charge in [-0.2, -0.15) is 0 Å². The van der Waals surface area contributed by atoms with E-state index in [2.05, 4.69) is 5.32 Å². The first-order valence-electron chi connectivity index (χ1n) is 7.19. The molecular formula is C16H22N2O2. The minimum Gasteiger partial charge on any atom is -0.352 e. The van der Waals surface area contributed by atoms with Crippen molar-refractivity contribution in [1.82, 2.24) is 5.32 Å². The molecule has 0 aliphatic heterocycles. The highest BCUT2D eigenvalue weighted by Gasteiger charge is 2.31. The van der Waals surface area contributed by atoms with Crippen LogP contribution < -0.4 is 11.1 Å². The van der Waals surface area contributed by atoms with Gasteiger partial charge in [-0.25, -0.2) is 0 Å². The first-order chi connectivity index (χ1) is 9.60. The Hall–Kier alpha value is -1.68. The van der Waals surface area contributed by atoms with Gasteiger partial charge >= 0.3 is 0 Å². The molecule has 0 saturated heterocycles. The zero-order valence-corrected chi connectivity index (χ0v) is 11.9. The lowest BCUT2D eigenvalue weighted by Crippen LogP contribution is -2.41. The summed E-state index contributed by atoms with van der Waals surface area (Å²) in [6.45, 7) is 2.45. The molecule has 1 amide bonds. The number of aryl methyl sites for hydroxylation is 1. The molecular weight excluding hydrogens is 252 g/mol. The van der Waals surface area contributed by atoms with Crippen molar-refractivity contribution in [1.29, 1.82) is 0 Å². The molecule has 4 nitrogen and oxygen atoms in total. The number of carbonyl (C=O) groups excluding carboxylic acids is 2. The van der Waals surface area contributed by atoms with Crippen LogP contribution in [0.25, 0.3) is 0 Å². The molecule has 0 spiro atoms. The van der Waals surface area contributed by atoms with E-state index in [1.807, 2.05) is 31.2 Å². The Labute approximate surface area is 119 Å². The van der Waals surface area contributed by atoms with Gasteiger partial charge in [-0.15, -0.1) is 0 Å². The Morgan fingerprint density at radius 1 is 1.25 bits per heavy atom. The van der Waals surface area contributed by atoms with Gasteiger partial charge in [0.15, 0.2) is 5.78 Å². The van der Waals surface area contributed by atoms with Crippen molar-refractivity contribution >= 4 is 11.7 Å². The van der Waals surface area contributed by atoms with Crippen molar-refractivity contribution in [2.24, 2.45) is 11.7 Å². The largest absolute Gasteiger partial charge is 0.352 e. The molecule has 0 radical (unpaired) electrons. The topological polar surface area (TPSA) is 72.2 Å². The van der Waals surface area contributed by atoms with Crippen LogP contribution in [0.2, 0.25) is 0 Å². The zero-order chi connectivity index (χ0) is 14.5. The van der Waals surface area contributed by atoms with E-state index in [1.165, 1.54) is 0 Å². The van der Waals surface area contributed by atoms with E-state index >= 15 is 0 Å². The fourth-order valence-corrected chi connectivity index (χ4v) is 2.26. The maximum Gasteiger partial charge on any atom is 0.220 e. The third-order valence-electron chi connectivity index (χ3n) is 3.74. The van der Waals surface area contributed by atoms with Gasteiger partial charge in [0.05, 0.1) is 0 Å². The summed E-state index contributed by atoms with van der Waals surface area (Å²) in [6.07, 6.45) is 2.77. The van der Waals surface area contributed by atoms with Crippen LogP contribution in [0.1, 0.15) is 41.6 Å². The molecule has 1 saturated carbocycles. The quantitative estimate of drug-likeness (QED) is 0.745. The number of nitrogens with two attached hydrogens (primary N) is 1. The van der Waals surface area contributed by atoms with E-state index in [9.17, 15) is 9.59 Å². The zero-order valence-electron chi connectivity index (χ0n) is 11.9. The number of Topliss-reactive ketones (excluding diaryl/α,β-unsaturated/α-hetero) is 1. The lowest BCUT2D eigenvalue weighted by Gasteiger charge is -2.15. The van der Waals surface area contributed by atoms with Crippen LogP contribution in [0.4, 0.5) is 0 Å². The molecule has 20 heavy (non-hydrogen) atoms. The molecule has 0 aromatic heterocycles. The molecule has 108 valence electrons. The monoisotopic (exact) mass is 274 g/mol.